The van der Waals surface area contributed by atoms with Gasteiger partial charge in [-0.2, -0.15) is 10.4 Å². The highest BCUT2D eigenvalue weighted by atomic mass is 16.5. The average Bonchev–Trinajstić information content (AvgIpc) is 3.15. The SMILES string of the molecule is CN(Cc1cnn(-c2ccccc2)c1)C(=O)COc1cccc(C#N)c1. The Morgan fingerprint density at radius 1 is 1.23 bits per heavy atom. The van der Waals surface area contributed by atoms with E-state index < -0.39 is 0 Å². The summed E-state index contributed by atoms with van der Waals surface area (Å²) >= 11 is 0. The first-order valence-electron chi connectivity index (χ1n) is 8.11. The summed E-state index contributed by atoms with van der Waals surface area (Å²) in [6.07, 6.45) is 3.64. The molecule has 6 heteroatoms. The summed E-state index contributed by atoms with van der Waals surface area (Å²) in [7, 11) is 1.72. The second-order valence-corrected chi connectivity index (χ2v) is 5.81. The van der Waals surface area contributed by atoms with Crippen LogP contribution >= 0.6 is 0 Å². The van der Waals surface area contributed by atoms with Crippen LogP contribution in [0, 0.1) is 11.3 Å². The van der Waals surface area contributed by atoms with Crippen LogP contribution < -0.4 is 4.74 Å². The number of ether oxygens (including phenoxy) is 1. The molecule has 0 radical (unpaired) electrons. The lowest BCUT2D eigenvalue weighted by Crippen LogP contribution is -2.30. The number of nitrogens with zero attached hydrogens (tertiary/aromatic N) is 4. The van der Waals surface area contributed by atoms with Crippen LogP contribution in [-0.4, -0.2) is 34.2 Å². The second kappa shape index (κ2) is 7.99. The normalized spacial score (nSPS) is 10.2. The van der Waals surface area contributed by atoms with E-state index >= 15 is 0 Å². The predicted molar refractivity (Wildman–Crippen MR) is 96.7 cm³/mol. The Labute approximate surface area is 151 Å². The topological polar surface area (TPSA) is 71.2 Å². The third-order valence-electron chi connectivity index (χ3n) is 3.83. The summed E-state index contributed by atoms with van der Waals surface area (Å²) in [5.74, 6) is 0.350. The molecule has 3 aromatic rings. The van der Waals surface area contributed by atoms with Crippen LogP contribution in [0.25, 0.3) is 5.69 Å². The highest BCUT2D eigenvalue weighted by Gasteiger charge is 2.12. The zero-order chi connectivity index (χ0) is 18.4. The van der Waals surface area contributed by atoms with Crippen LogP contribution in [0.1, 0.15) is 11.1 Å². The highest BCUT2D eigenvalue weighted by molar-refractivity contribution is 5.77. The number of rotatable bonds is 6. The van der Waals surface area contributed by atoms with Crippen molar-refractivity contribution in [2.75, 3.05) is 13.7 Å². The van der Waals surface area contributed by atoms with Gasteiger partial charge in [0, 0.05) is 25.4 Å². The zero-order valence-corrected chi connectivity index (χ0v) is 14.4. The van der Waals surface area contributed by atoms with Gasteiger partial charge in [0.2, 0.25) is 0 Å². The Kier molecular flexibility index (Phi) is 5.30. The molecule has 0 aliphatic heterocycles. The van der Waals surface area contributed by atoms with E-state index in [0.29, 0.717) is 17.9 Å². The van der Waals surface area contributed by atoms with Gasteiger partial charge in [0.1, 0.15) is 5.75 Å². The van der Waals surface area contributed by atoms with Gasteiger partial charge in [-0.1, -0.05) is 24.3 Å². The number of nitriles is 1. The van der Waals surface area contributed by atoms with Gasteiger partial charge in [-0.3, -0.25) is 4.79 Å². The third-order valence-corrected chi connectivity index (χ3v) is 3.83. The Balaban J connectivity index is 1.56. The van der Waals surface area contributed by atoms with Crippen LogP contribution in [0.3, 0.4) is 0 Å². The number of para-hydroxylation sites is 1. The summed E-state index contributed by atoms with van der Waals surface area (Å²) in [4.78, 5) is 13.8. The molecule has 1 aromatic heterocycles. The van der Waals surface area contributed by atoms with Crippen LogP contribution in [0.15, 0.2) is 67.0 Å². The molecule has 1 heterocycles. The zero-order valence-electron chi connectivity index (χ0n) is 14.4. The fourth-order valence-electron chi connectivity index (χ4n) is 2.44. The number of likely N-dealkylation sites (N-methyl/N-ethyl adjacent to an activating group) is 1. The lowest BCUT2D eigenvalue weighted by Gasteiger charge is -2.16. The molecule has 3 rings (SSSR count). The van der Waals surface area contributed by atoms with E-state index in [2.05, 4.69) is 5.10 Å². The van der Waals surface area contributed by atoms with Gasteiger partial charge in [-0.05, 0) is 30.3 Å². The Bertz CT molecular complexity index is 928. The van der Waals surface area contributed by atoms with Crippen LogP contribution in [0.2, 0.25) is 0 Å². The van der Waals surface area contributed by atoms with Crippen molar-refractivity contribution in [3.8, 4) is 17.5 Å². The van der Waals surface area contributed by atoms with Crippen molar-refractivity contribution in [2.45, 2.75) is 6.54 Å². The van der Waals surface area contributed by atoms with E-state index in [0.717, 1.165) is 11.3 Å². The molecule has 6 nitrogen and oxygen atoms in total. The smallest absolute Gasteiger partial charge is 0.260 e. The van der Waals surface area contributed by atoms with Gasteiger partial charge in [0.25, 0.3) is 5.91 Å². The second-order valence-electron chi connectivity index (χ2n) is 5.81. The molecule has 0 N–H and O–H groups in total. The monoisotopic (exact) mass is 346 g/mol. The molecule has 130 valence electrons. The minimum Gasteiger partial charge on any atom is -0.484 e. The van der Waals surface area contributed by atoms with Gasteiger partial charge in [0.15, 0.2) is 6.61 Å². The molecule has 1 amide bonds. The number of carbonyl (C=O) groups excluding carboxylic acids is 1. The third kappa shape index (κ3) is 4.28. The minimum atomic E-state index is -0.153. The lowest BCUT2D eigenvalue weighted by molar-refractivity contribution is -0.132. The van der Waals surface area contributed by atoms with E-state index in [1.165, 1.54) is 0 Å². The van der Waals surface area contributed by atoms with Crippen molar-refractivity contribution in [1.29, 1.82) is 5.26 Å². The average molecular weight is 346 g/mol. The van der Waals surface area contributed by atoms with Crippen molar-refractivity contribution in [3.63, 3.8) is 0 Å². The largest absolute Gasteiger partial charge is 0.484 e. The van der Waals surface area contributed by atoms with Gasteiger partial charge in [-0.25, -0.2) is 4.68 Å². The molecule has 0 saturated carbocycles. The molecule has 0 fully saturated rings. The summed E-state index contributed by atoms with van der Waals surface area (Å²) in [6, 6.07) is 18.6. The number of hydrogen-bond donors (Lipinski definition) is 0. The molecule has 0 saturated heterocycles. The lowest BCUT2D eigenvalue weighted by atomic mass is 10.2. The molecule has 26 heavy (non-hydrogen) atoms. The van der Waals surface area contributed by atoms with Crippen LogP contribution in [0.4, 0.5) is 0 Å². The fourth-order valence-corrected chi connectivity index (χ4v) is 2.44. The first-order chi connectivity index (χ1) is 12.7. The molecule has 0 atom stereocenters. The summed E-state index contributed by atoms with van der Waals surface area (Å²) in [5.41, 5.74) is 2.39. The summed E-state index contributed by atoms with van der Waals surface area (Å²) in [5, 5.41) is 13.2. The molecular formula is C20H18N4O2. The Hall–Kier alpha value is -3.59. The van der Waals surface area contributed by atoms with E-state index in [4.69, 9.17) is 10.00 Å². The van der Waals surface area contributed by atoms with Gasteiger partial charge in [-0.15, -0.1) is 0 Å². The summed E-state index contributed by atoms with van der Waals surface area (Å²) < 4.78 is 7.26. The van der Waals surface area contributed by atoms with Crippen molar-refractivity contribution in [2.24, 2.45) is 0 Å². The van der Waals surface area contributed by atoms with E-state index in [1.54, 1.807) is 47.1 Å². The molecule has 0 bridgehead atoms. The van der Waals surface area contributed by atoms with Crippen LogP contribution in [0.5, 0.6) is 5.75 Å². The molecule has 2 aromatic carbocycles. The molecular weight excluding hydrogens is 328 g/mol. The molecule has 0 aliphatic carbocycles. The standard InChI is InChI=1S/C20H18N4O2/c1-23(20(25)15-26-19-9-5-6-16(10-19)11-21)13-17-12-22-24(14-17)18-7-3-2-4-8-18/h2-10,12,14H,13,15H2,1H3. The van der Waals surface area contributed by atoms with Crippen molar-refractivity contribution >= 4 is 5.91 Å². The number of carbonyl (C=O) groups is 1. The maximum absolute atomic E-state index is 12.3. The fraction of sp³-hybridized carbons (Fsp3) is 0.150. The van der Waals surface area contributed by atoms with Crippen LogP contribution in [-0.2, 0) is 11.3 Å². The Morgan fingerprint density at radius 3 is 2.81 bits per heavy atom. The maximum atomic E-state index is 12.3. The minimum absolute atomic E-state index is 0.0851. The van der Waals surface area contributed by atoms with Gasteiger partial charge >= 0.3 is 0 Å². The van der Waals surface area contributed by atoms with E-state index in [-0.39, 0.29) is 12.5 Å². The molecule has 0 aliphatic rings. The molecule has 0 spiro atoms. The highest BCUT2D eigenvalue weighted by Crippen LogP contribution is 2.13. The van der Waals surface area contributed by atoms with Crippen molar-refractivity contribution in [1.82, 2.24) is 14.7 Å². The Morgan fingerprint density at radius 2 is 2.04 bits per heavy atom. The van der Waals surface area contributed by atoms with Gasteiger partial charge in [0.05, 0.1) is 23.5 Å². The quantitative estimate of drug-likeness (QED) is 0.688. The van der Waals surface area contributed by atoms with Gasteiger partial charge < -0.3 is 9.64 Å². The maximum Gasteiger partial charge on any atom is 0.260 e. The van der Waals surface area contributed by atoms with E-state index in [1.807, 2.05) is 42.6 Å². The number of benzene rings is 2. The first kappa shape index (κ1) is 17.2. The predicted octanol–water partition coefficient (Wildman–Crippen LogP) is 2.78. The first-order valence-corrected chi connectivity index (χ1v) is 8.11. The van der Waals surface area contributed by atoms with E-state index in [9.17, 15) is 4.79 Å². The molecule has 0 unspecified atom stereocenters. The number of hydrogen-bond acceptors (Lipinski definition) is 4. The summed E-state index contributed by atoms with van der Waals surface area (Å²) in [6.45, 7) is 0.353. The number of aromatic nitrogens is 2. The van der Waals surface area contributed by atoms with Crippen molar-refractivity contribution in [3.05, 3.63) is 78.1 Å². The number of amides is 1. The van der Waals surface area contributed by atoms with Crippen molar-refractivity contribution < 1.29 is 9.53 Å².